The molecule has 180 valence electrons. The SMILES string of the molecule is CCCCn1c(O)c(C2c3cc(Cl)ccc3Oc3[nH]c(=O)n(CCCC)c(=O)c32)c(=O)[nH]c1=O. The largest absolute Gasteiger partial charge is 0.494 e. The molecule has 3 aromatic rings. The minimum atomic E-state index is -1.13. The first-order chi connectivity index (χ1) is 16.3. The molecule has 11 heteroatoms. The molecule has 1 aliphatic heterocycles. The zero-order valence-electron chi connectivity index (χ0n) is 18.8. The molecule has 0 saturated heterocycles. The van der Waals surface area contributed by atoms with Gasteiger partial charge >= 0.3 is 11.4 Å². The summed E-state index contributed by atoms with van der Waals surface area (Å²) in [6, 6.07) is 4.65. The molecule has 0 radical (unpaired) electrons. The maximum Gasteiger partial charge on any atom is 0.331 e. The summed E-state index contributed by atoms with van der Waals surface area (Å²) in [6.45, 7) is 4.21. The van der Waals surface area contributed by atoms with Gasteiger partial charge in [0.05, 0.1) is 17.0 Å². The number of hydrogen-bond acceptors (Lipinski definition) is 6. The predicted octanol–water partition coefficient (Wildman–Crippen LogP) is 2.63. The normalized spacial score (nSPS) is 14.4. The van der Waals surface area contributed by atoms with Crippen molar-refractivity contribution in [3.63, 3.8) is 0 Å². The fourth-order valence-electron chi connectivity index (χ4n) is 4.18. The third-order valence-electron chi connectivity index (χ3n) is 5.94. The first-order valence-electron chi connectivity index (χ1n) is 11.2. The monoisotopic (exact) mass is 488 g/mol. The molecule has 2 aromatic heterocycles. The number of hydrogen-bond donors (Lipinski definition) is 3. The highest BCUT2D eigenvalue weighted by Crippen LogP contribution is 2.46. The molecule has 0 aliphatic carbocycles. The van der Waals surface area contributed by atoms with Crippen molar-refractivity contribution < 1.29 is 9.84 Å². The van der Waals surface area contributed by atoms with E-state index in [1.807, 2.05) is 13.8 Å². The number of aromatic hydroxyl groups is 1. The molecular formula is C23H25ClN4O6. The molecule has 0 amide bonds. The van der Waals surface area contributed by atoms with Crippen molar-refractivity contribution in [3.8, 4) is 17.5 Å². The fraction of sp³-hybridized carbons (Fsp3) is 0.391. The van der Waals surface area contributed by atoms with Gasteiger partial charge in [-0.25, -0.2) is 9.59 Å². The number of H-pyrrole nitrogens is 2. The number of benzene rings is 1. The highest BCUT2D eigenvalue weighted by molar-refractivity contribution is 6.30. The molecule has 3 heterocycles. The van der Waals surface area contributed by atoms with Crippen LogP contribution in [-0.4, -0.2) is 24.2 Å². The Morgan fingerprint density at radius 1 is 0.971 bits per heavy atom. The van der Waals surface area contributed by atoms with Gasteiger partial charge < -0.3 is 9.84 Å². The number of unbranched alkanes of at least 4 members (excludes halogenated alkanes) is 2. The van der Waals surface area contributed by atoms with Gasteiger partial charge in [-0.2, -0.15) is 0 Å². The average molecular weight is 489 g/mol. The molecule has 10 nitrogen and oxygen atoms in total. The Morgan fingerprint density at radius 2 is 1.62 bits per heavy atom. The molecular weight excluding hydrogens is 464 g/mol. The van der Waals surface area contributed by atoms with Crippen LogP contribution < -0.4 is 27.2 Å². The molecule has 1 aromatic carbocycles. The van der Waals surface area contributed by atoms with Crippen LogP contribution in [0.5, 0.6) is 17.5 Å². The van der Waals surface area contributed by atoms with E-state index in [1.165, 1.54) is 6.07 Å². The molecule has 1 unspecified atom stereocenters. The lowest BCUT2D eigenvalue weighted by molar-refractivity contribution is 0.380. The lowest BCUT2D eigenvalue weighted by Crippen LogP contribution is -2.41. The molecule has 0 bridgehead atoms. The zero-order valence-corrected chi connectivity index (χ0v) is 19.6. The molecule has 4 rings (SSSR count). The van der Waals surface area contributed by atoms with Gasteiger partial charge in [0.2, 0.25) is 11.8 Å². The maximum atomic E-state index is 13.5. The van der Waals surface area contributed by atoms with Crippen LogP contribution in [0.1, 0.15) is 62.1 Å². The van der Waals surface area contributed by atoms with Crippen molar-refractivity contribution in [2.75, 3.05) is 0 Å². The third kappa shape index (κ3) is 3.98. The van der Waals surface area contributed by atoms with E-state index < -0.39 is 34.3 Å². The number of aromatic amines is 2. The quantitative estimate of drug-likeness (QED) is 0.365. The second-order valence-corrected chi connectivity index (χ2v) is 8.64. The van der Waals surface area contributed by atoms with Crippen molar-refractivity contribution in [2.24, 2.45) is 0 Å². The number of halogens is 1. The number of ether oxygens (including phenoxy) is 1. The van der Waals surface area contributed by atoms with Gasteiger partial charge in [-0.15, -0.1) is 0 Å². The summed E-state index contributed by atoms with van der Waals surface area (Å²) < 4.78 is 7.93. The Balaban J connectivity index is 2.07. The summed E-state index contributed by atoms with van der Waals surface area (Å²) in [4.78, 5) is 56.5. The van der Waals surface area contributed by atoms with Crippen molar-refractivity contribution in [1.29, 1.82) is 0 Å². The van der Waals surface area contributed by atoms with E-state index in [2.05, 4.69) is 9.97 Å². The average Bonchev–Trinajstić information content (AvgIpc) is 2.78. The number of rotatable bonds is 7. The smallest absolute Gasteiger partial charge is 0.331 e. The summed E-state index contributed by atoms with van der Waals surface area (Å²) in [5, 5.41) is 11.4. The van der Waals surface area contributed by atoms with E-state index in [1.54, 1.807) is 12.1 Å². The molecule has 0 spiro atoms. The Hall–Kier alpha value is -3.53. The van der Waals surface area contributed by atoms with E-state index in [4.69, 9.17) is 16.3 Å². The first kappa shape index (κ1) is 23.6. The van der Waals surface area contributed by atoms with Gasteiger partial charge in [0.1, 0.15) is 5.75 Å². The van der Waals surface area contributed by atoms with Crippen molar-refractivity contribution in [1.82, 2.24) is 19.1 Å². The second-order valence-electron chi connectivity index (χ2n) is 8.20. The van der Waals surface area contributed by atoms with Crippen LogP contribution in [0.2, 0.25) is 5.02 Å². The second kappa shape index (κ2) is 9.38. The summed E-state index contributed by atoms with van der Waals surface area (Å²) in [5.41, 5.74) is -2.74. The first-order valence-corrected chi connectivity index (χ1v) is 11.6. The topological polar surface area (TPSA) is 139 Å². The van der Waals surface area contributed by atoms with Crippen LogP contribution in [-0.2, 0) is 13.1 Å². The van der Waals surface area contributed by atoms with Gasteiger partial charge in [-0.3, -0.25) is 28.7 Å². The Labute approximate surface area is 198 Å². The molecule has 1 atom stereocenters. The Kier molecular flexibility index (Phi) is 6.52. The van der Waals surface area contributed by atoms with E-state index in [0.717, 1.165) is 22.0 Å². The van der Waals surface area contributed by atoms with Gasteiger partial charge in [0.15, 0.2) is 0 Å². The summed E-state index contributed by atoms with van der Waals surface area (Å²) in [6.07, 6.45) is 2.68. The lowest BCUT2D eigenvalue weighted by Gasteiger charge is -2.28. The highest BCUT2D eigenvalue weighted by Gasteiger charge is 2.37. The van der Waals surface area contributed by atoms with E-state index in [-0.39, 0.29) is 35.8 Å². The van der Waals surface area contributed by atoms with E-state index in [0.29, 0.717) is 23.4 Å². The molecule has 0 saturated carbocycles. The summed E-state index contributed by atoms with van der Waals surface area (Å²) in [5.74, 6) is -1.54. The van der Waals surface area contributed by atoms with Crippen LogP contribution in [0.25, 0.3) is 0 Å². The number of nitrogens with zero attached hydrogens (tertiary/aromatic N) is 2. The van der Waals surface area contributed by atoms with Crippen molar-refractivity contribution in [2.45, 2.75) is 58.5 Å². The summed E-state index contributed by atoms with van der Waals surface area (Å²) in [7, 11) is 0. The minimum absolute atomic E-state index is 0.0213. The van der Waals surface area contributed by atoms with Crippen LogP contribution in [0, 0.1) is 0 Å². The standard InChI is InChI=1S/C23H25ClN4O6/c1-3-5-9-27-20(30)16(18(29)25-22(27)32)15-13-11-12(24)7-8-14(13)34-19-17(15)21(31)28(10-6-4-2)23(33)26-19/h7-8,11,15,30H,3-6,9-10H2,1-2H3,(H,26,33)(H,25,29,32). The van der Waals surface area contributed by atoms with Crippen LogP contribution >= 0.6 is 11.6 Å². The minimum Gasteiger partial charge on any atom is -0.494 e. The Morgan fingerprint density at radius 3 is 2.29 bits per heavy atom. The van der Waals surface area contributed by atoms with Gasteiger partial charge in [-0.1, -0.05) is 38.3 Å². The van der Waals surface area contributed by atoms with Gasteiger partial charge in [-0.05, 0) is 31.0 Å². The molecule has 3 N–H and O–H groups in total. The van der Waals surface area contributed by atoms with E-state index in [9.17, 15) is 24.3 Å². The van der Waals surface area contributed by atoms with Gasteiger partial charge in [0, 0.05) is 23.7 Å². The molecule has 1 aliphatic rings. The number of aromatic nitrogens is 4. The summed E-state index contributed by atoms with van der Waals surface area (Å²) >= 11 is 6.23. The van der Waals surface area contributed by atoms with Crippen molar-refractivity contribution in [3.05, 3.63) is 81.6 Å². The van der Waals surface area contributed by atoms with Gasteiger partial charge in [0.25, 0.3) is 11.1 Å². The molecule has 0 fully saturated rings. The number of fused-ring (bicyclic) bond motifs is 2. The Bertz CT molecular complexity index is 1480. The van der Waals surface area contributed by atoms with E-state index >= 15 is 0 Å². The van der Waals surface area contributed by atoms with Crippen LogP contribution in [0.15, 0.2) is 37.4 Å². The maximum absolute atomic E-state index is 13.5. The van der Waals surface area contributed by atoms with Crippen LogP contribution in [0.4, 0.5) is 0 Å². The van der Waals surface area contributed by atoms with Crippen LogP contribution in [0.3, 0.4) is 0 Å². The molecule has 34 heavy (non-hydrogen) atoms. The number of nitrogens with one attached hydrogen (secondary N) is 2. The third-order valence-corrected chi connectivity index (χ3v) is 6.17. The highest BCUT2D eigenvalue weighted by atomic mass is 35.5. The zero-order chi connectivity index (χ0) is 24.6. The fourth-order valence-corrected chi connectivity index (χ4v) is 4.36. The predicted molar refractivity (Wildman–Crippen MR) is 127 cm³/mol. The van der Waals surface area contributed by atoms with Crippen molar-refractivity contribution >= 4 is 11.6 Å². The lowest BCUT2D eigenvalue weighted by atomic mass is 9.84.